The van der Waals surface area contributed by atoms with Crippen LogP contribution in [0.4, 0.5) is 10.1 Å². The molecule has 0 unspecified atom stereocenters. The van der Waals surface area contributed by atoms with Crippen molar-refractivity contribution < 1.29 is 31.9 Å². The summed E-state index contributed by atoms with van der Waals surface area (Å²) in [6.45, 7) is 1.62. The summed E-state index contributed by atoms with van der Waals surface area (Å²) in [5.74, 6) is -0.347. The molecule has 4 aromatic carbocycles. The molecule has 4 aromatic rings. The van der Waals surface area contributed by atoms with Gasteiger partial charge in [0.2, 0.25) is 5.91 Å². The Morgan fingerprint density at radius 2 is 1.45 bits per heavy atom. The first-order valence-electron chi connectivity index (χ1n) is 13.5. The van der Waals surface area contributed by atoms with Crippen LogP contribution < -0.4 is 19.5 Å². The first-order valence-corrected chi connectivity index (χ1v) is 15.4. The summed E-state index contributed by atoms with van der Waals surface area (Å²) in [5, 5.41) is 3.40. The van der Waals surface area contributed by atoms with Crippen LogP contribution in [-0.2, 0) is 32.7 Å². The molecule has 12 heteroatoms. The molecule has 4 rings (SSSR count). The molecule has 0 heterocycles. The molecule has 2 N–H and O–H groups in total. The highest BCUT2D eigenvalue weighted by Crippen LogP contribution is 2.21. The van der Waals surface area contributed by atoms with Crippen LogP contribution in [0.15, 0.2) is 102 Å². The van der Waals surface area contributed by atoms with Gasteiger partial charge < -0.3 is 19.7 Å². The minimum atomic E-state index is -3.94. The minimum Gasteiger partial charge on any atom is -0.497 e. The molecule has 0 saturated carbocycles. The van der Waals surface area contributed by atoms with Crippen molar-refractivity contribution in [1.82, 2.24) is 10.2 Å². The first-order chi connectivity index (χ1) is 21.0. The zero-order chi connectivity index (χ0) is 31.7. The van der Waals surface area contributed by atoms with Crippen LogP contribution in [0.3, 0.4) is 0 Å². The summed E-state index contributed by atoms with van der Waals surface area (Å²) in [4.78, 5) is 27.8. The van der Waals surface area contributed by atoms with Crippen molar-refractivity contribution in [3.63, 3.8) is 0 Å². The van der Waals surface area contributed by atoms with Crippen molar-refractivity contribution in [1.29, 1.82) is 0 Å². The number of ether oxygens (including phenoxy) is 2. The van der Waals surface area contributed by atoms with Crippen molar-refractivity contribution in [3.05, 3.63) is 119 Å². The number of nitrogens with zero attached hydrogens (tertiary/aromatic N) is 1. The van der Waals surface area contributed by atoms with Crippen molar-refractivity contribution >= 4 is 39.1 Å². The number of carbonyl (C=O) groups excluding carboxylic acids is 2. The fraction of sp³-hybridized carbons (Fsp3) is 0.188. The van der Waals surface area contributed by atoms with E-state index in [-0.39, 0.29) is 35.3 Å². The van der Waals surface area contributed by atoms with E-state index in [0.717, 1.165) is 23.3 Å². The lowest BCUT2D eigenvalue weighted by atomic mass is 10.1. The molecule has 0 aliphatic carbocycles. The summed E-state index contributed by atoms with van der Waals surface area (Å²) in [6, 6.07) is 23.8. The summed E-state index contributed by atoms with van der Waals surface area (Å²) in [7, 11) is -2.37. The Kier molecular flexibility index (Phi) is 10.8. The maximum atomic E-state index is 13.4. The summed E-state index contributed by atoms with van der Waals surface area (Å²) < 4.78 is 51.8. The Morgan fingerprint density at radius 1 is 0.864 bits per heavy atom. The SMILES string of the molecule is COc1ccc(CNC(=O)[C@@H](C)N(Cc2ccc(Cl)cc2)C(=O)COc2ccc(S(=O)(=O)Nc3ccc(F)cc3)cc2)cc1. The van der Waals surface area contributed by atoms with Gasteiger partial charge in [0.15, 0.2) is 6.61 Å². The molecule has 9 nitrogen and oxygen atoms in total. The Bertz CT molecular complexity index is 1670. The van der Waals surface area contributed by atoms with Crippen LogP contribution in [-0.4, -0.2) is 44.9 Å². The Balaban J connectivity index is 1.41. The lowest BCUT2D eigenvalue weighted by Gasteiger charge is -2.29. The number of halogens is 2. The van der Waals surface area contributed by atoms with Crippen LogP contribution in [0.2, 0.25) is 5.02 Å². The molecule has 44 heavy (non-hydrogen) atoms. The largest absolute Gasteiger partial charge is 0.497 e. The molecular weight excluding hydrogens is 609 g/mol. The van der Waals surface area contributed by atoms with Gasteiger partial charge in [0.25, 0.3) is 15.9 Å². The molecule has 0 radical (unpaired) electrons. The van der Waals surface area contributed by atoms with Gasteiger partial charge in [-0.25, -0.2) is 12.8 Å². The molecule has 0 bridgehead atoms. The number of anilines is 1. The number of sulfonamides is 1. The molecular formula is C32H31ClFN3O6S. The molecule has 0 aliphatic heterocycles. The Labute approximate surface area is 260 Å². The van der Waals surface area contributed by atoms with Gasteiger partial charge in [-0.1, -0.05) is 35.9 Å². The summed E-state index contributed by atoms with van der Waals surface area (Å²) in [5.41, 5.74) is 1.84. The molecule has 230 valence electrons. The first kappa shape index (κ1) is 32.3. The predicted octanol–water partition coefficient (Wildman–Crippen LogP) is 5.40. The van der Waals surface area contributed by atoms with Crippen LogP contribution in [0, 0.1) is 5.82 Å². The maximum Gasteiger partial charge on any atom is 0.261 e. The quantitative estimate of drug-likeness (QED) is 0.203. The van der Waals surface area contributed by atoms with E-state index >= 15 is 0 Å². The normalized spacial score (nSPS) is 11.7. The summed E-state index contributed by atoms with van der Waals surface area (Å²) >= 11 is 6.02. The summed E-state index contributed by atoms with van der Waals surface area (Å²) in [6.07, 6.45) is 0. The van der Waals surface area contributed by atoms with Gasteiger partial charge in [0.1, 0.15) is 23.4 Å². The molecule has 0 aliphatic rings. The lowest BCUT2D eigenvalue weighted by Crippen LogP contribution is -2.48. The van der Waals surface area contributed by atoms with Crippen LogP contribution >= 0.6 is 11.6 Å². The smallest absolute Gasteiger partial charge is 0.261 e. The van der Waals surface area contributed by atoms with Crippen molar-refractivity contribution in [2.24, 2.45) is 0 Å². The molecule has 1 atom stereocenters. The van der Waals surface area contributed by atoms with E-state index in [1.165, 1.54) is 41.3 Å². The van der Waals surface area contributed by atoms with E-state index in [4.69, 9.17) is 21.1 Å². The van der Waals surface area contributed by atoms with Gasteiger partial charge in [-0.2, -0.15) is 0 Å². The number of amides is 2. The average molecular weight is 640 g/mol. The molecule has 0 fully saturated rings. The number of carbonyl (C=O) groups is 2. The Morgan fingerprint density at radius 3 is 2.07 bits per heavy atom. The van der Waals surface area contributed by atoms with E-state index in [1.807, 2.05) is 12.1 Å². The topological polar surface area (TPSA) is 114 Å². The fourth-order valence-electron chi connectivity index (χ4n) is 4.12. The van der Waals surface area contributed by atoms with Gasteiger partial charge in [-0.3, -0.25) is 14.3 Å². The van der Waals surface area contributed by atoms with E-state index in [9.17, 15) is 22.4 Å². The fourth-order valence-corrected chi connectivity index (χ4v) is 5.31. The number of methoxy groups -OCH3 is 1. The van der Waals surface area contributed by atoms with E-state index < -0.39 is 34.4 Å². The maximum absolute atomic E-state index is 13.4. The standard InChI is InChI=1S/C32H31ClFN3O6S/c1-22(32(39)35-19-23-5-13-28(42-2)14-6-23)37(20-24-3-7-25(33)8-4-24)31(38)21-43-29-15-17-30(18-16-29)44(40,41)36-27-11-9-26(34)10-12-27/h3-18,22,36H,19-21H2,1-2H3,(H,35,39)/t22-/m1/s1. The van der Waals surface area contributed by atoms with Gasteiger partial charge in [0, 0.05) is 23.8 Å². The van der Waals surface area contributed by atoms with E-state index in [1.54, 1.807) is 50.4 Å². The van der Waals surface area contributed by atoms with Crippen molar-refractivity contribution in [2.45, 2.75) is 31.0 Å². The molecule has 2 amide bonds. The number of hydrogen-bond donors (Lipinski definition) is 2. The number of hydrogen-bond acceptors (Lipinski definition) is 6. The molecule has 0 spiro atoms. The second kappa shape index (κ2) is 14.7. The molecule has 0 aromatic heterocycles. The van der Waals surface area contributed by atoms with Crippen LogP contribution in [0.1, 0.15) is 18.1 Å². The third-order valence-electron chi connectivity index (χ3n) is 6.65. The second-order valence-electron chi connectivity index (χ2n) is 9.76. The number of rotatable bonds is 13. The van der Waals surface area contributed by atoms with Gasteiger partial charge in [0.05, 0.1) is 12.0 Å². The third kappa shape index (κ3) is 8.95. The van der Waals surface area contributed by atoms with Crippen LogP contribution in [0.5, 0.6) is 11.5 Å². The van der Waals surface area contributed by atoms with Gasteiger partial charge in [-0.15, -0.1) is 0 Å². The molecule has 0 saturated heterocycles. The van der Waals surface area contributed by atoms with Gasteiger partial charge in [-0.05, 0) is 90.8 Å². The number of benzene rings is 4. The van der Waals surface area contributed by atoms with Crippen molar-refractivity contribution in [2.75, 3.05) is 18.4 Å². The minimum absolute atomic E-state index is 0.0491. The Hall–Kier alpha value is -4.61. The highest BCUT2D eigenvalue weighted by Gasteiger charge is 2.26. The number of nitrogens with one attached hydrogen (secondary N) is 2. The monoisotopic (exact) mass is 639 g/mol. The third-order valence-corrected chi connectivity index (χ3v) is 8.30. The predicted molar refractivity (Wildman–Crippen MR) is 165 cm³/mol. The lowest BCUT2D eigenvalue weighted by molar-refractivity contribution is -0.142. The second-order valence-corrected chi connectivity index (χ2v) is 11.9. The van der Waals surface area contributed by atoms with Crippen LogP contribution in [0.25, 0.3) is 0 Å². The van der Waals surface area contributed by atoms with Gasteiger partial charge >= 0.3 is 0 Å². The van der Waals surface area contributed by atoms with E-state index in [0.29, 0.717) is 10.8 Å². The highest BCUT2D eigenvalue weighted by molar-refractivity contribution is 7.92. The highest BCUT2D eigenvalue weighted by atomic mass is 35.5. The zero-order valence-corrected chi connectivity index (χ0v) is 25.6. The zero-order valence-electron chi connectivity index (χ0n) is 24.0. The average Bonchev–Trinajstić information content (AvgIpc) is 3.03. The van der Waals surface area contributed by atoms with E-state index in [2.05, 4.69) is 10.0 Å². The van der Waals surface area contributed by atoms with Crippen molar-refractivity contribution in [3.8, 4) is 11.5 Å².